The summed E-state index contributed by atoms with van der Waals surface area (Å²) < 4.78 is 20.7. The van der Waals surface area contributed by atoms with Crippen LogP contribution in [0.5, 0.6) is 0 Å². The first kappa shape index (κ1) is 16.2. The Morgan fingerprint density at radius 2 is 2.12 bits per heavy atom. The van der Waals surface area contributed by atoms with Gasteiger partial charge in [0.25, 0.3) is 0 Å². The van der Waals surface area contributed by atoms with Crippen LogP contribution in [0, 0.1) is 5.82 Å². The number of hydrogen-bond donors (Lipinski definition) is 0. The van der Waals surface area contributed by atoms with E-state index in [4.69, 9.17) is 4.74 Å². The van der Waals surface area contributed by atoms with Gasteiger partial charge in [0.1, 0.15) is 10.8 Å². The van der Waals surface area contributed by atoms with Gasteiger partial charge in [-0.15, -0.1) is 10.2 Å². The van der Waals surface area contributed by atoms with E-state index in [0.29, 0.717) is 13.0 Å². The number of rotatable bonds is 5. The highest BCUT2D eigenvalue weighted by atomic mass is 32.1. The maximum atomic E-state index is 13.0. The van der Waals surface area contributed by atoms with Gasteiger partial charge < -0.3 is 9.64 Å². The molecule has 0 bridgehead atoms. The molecule has 1 saturated heterocycles. The maximum absolute atomic E-state index is 13.0. The van der Waals surface area contributed by atoms with E-state index in [1.165, 1.54) is 12.1 Å². The predicted molar refractivity (Wildman–Crippen MR) is 93.3 cm³/mol. The molecule has 0 spiro atoms. The van der Waals surface area contributed by atoms with E-state index in [1.54, 1.807) is 29.7 Å². The molecule has 1 atom stereocenters. The van der Waals surface area contributed by atoms with Crippen LogP contribution in [-0.2, 0) is 17.7 Å². The topological polar surface area (TPSA) is 56.1 Å². The standard InChI is InChI=1S/C17H18FN5OS/c18-14-4-2-13(3-5-14)10-16-20-21-17(25-16)22-8-9-24-15(11-22)12-23-7-1-6-19-23/h1-7,15H,8-12H2. The molecule has 1 aliphatic rings. The van der Waals surface area contributed by atoms with Crippen molar-refractivity contribution in [2.45, 2.75) is 19.1 Å². The number of ether oxygens (including phenoxy) is 1. The average Bonchev–Trinajstić information content (AvgIpc) is 3.29. The van der Waals surface area contributed by atoms with Gasteiger partial charge in [-0.05, 0) is 23.8 Å². The molecular formula is C17H18FN5OS. The molecule has 1 fully saturated rings. The molecule has 6 nitrogen and oxygen atoms in total. The first-order valence-electron chi connectivity index (χ1n) is 8.17. The summed E-state index contributed by atoms with van der Waals surface area (Å²) in [6, 6.07) is 8.42. The van der Waals surface area contributed by atoms with Gasteiger partial charge in [0.15, 0.2) is 0 Å². The van der Waals surface area contributed by atoms with Gasteiger partial charge in [-0.1, -0.05) is 23.5 Å². The smallest absolute Gasteiger partial charge is 0.208 e. The van der Waals surface area contributed by atoms with Gasteiger partial charge in [0.05, 0.1) is 19.3 Å². The van der Waals surface area contributed by atoms with Crippen molar-refractivity contribution in [2.24, 2.45) is 0 Å². The Bertz CT molecular complexity index is 805. The summed E-state index contributed by atoms with van der Waals surface area (Å²) in [5.41, 5.74) is 1.03. The van der Waals surface area contributed by atoms with E-state index in [9.17, 15) is 4.39 Å². The minimum Gasteiger partial charge on any atom is -0.373 e. The van der Waals surface area contributed by atoms with E-state index in [0.717, 1.165) is 35.3 Å². The van der Waals surface area contributed by atoms with E-state index in [2.05, 4.69) is 20.2 Å². The first-order valence-corrected chi connectivity index (χ1v) is 8.99. The fraction of sp³-hybridized carbons (Fsp3) is 0.353. The molecule has 0 aliphatic carbocycles. The van der Waals surface area contributed by atoms with Gasteiger partial charge in [-0.25, -0.2) is 4.39 Å². The van der Waals surface area contributed by atoms with Crippen molar-refractivity contribution in [1.82, 2.24) is 20.0 Å². The van der Waals surface area contributed by atoms with Gasteiger partial charge >= 0.3 is 0 Å². The summed E-state index contributed by atoms with van der Waals surface area (Å²) in [6.07, 6.45) is 4.46. The molecular weight excluding hydrogens is 341 g/mol. The zero-order valence-electron chi connectivity index (χ0n) is 13.6. The minimum absolute atomic E-state index is 0.0816. The minimum atomic E-state index is -0.224. The Labute approximate surface area is 148 Å². The summed E-state index contributed by atoms with van der Waals surface area (Å²) in [4.78, 5) is 2.21. The summed E-state index contributed by atoms with van der Waals surface area (Å²) in [5.74, 6) is -0.224. The molecule has 3 aromatic rings. The van der Waals surface area contributed by atoms with Crippen molar-refractivity contribution in [3.8, 4) is 0 Å². The number of anilines is 1. The molecule has 0 amide bonds. The van der Waals surface area contributed by atoms with Gasteiger partial charge in [0, 0.05) is 31.9 Å². The molecule has 25 heavy (non-hydrogen) atoms. The van der Waals surface area contributed by atoms with Crippen molar-refractivity contribution in [3.63, 3.8) is 0 Å². The molecule has 0 saturated carbocycles. The number of benzene rings is 1. The third kappa shape index (κ3) is 4.02. The lowest BCUT2D eigenvalue weighted by molar-refractivity contribution is 0.0274. The average molecular weight is 359 g/mol. The van der Waals surface area contributed by atoms with Crippen LogP contribution in [0.2, 0.25) is 0 Å². The lowest BCUT2D eigenvalue weighted by Gasteiger charge is -2.32. The zero-order valence-corrected chi connectivity index (χ0v) is 14.4. The second kappa shape index (κ2) is 7.28. The van der Waals surface area contributed by atoms with E-state index < -0.39 is 0 Å². The van der Waals surface area contributed by atoms with Crippen molar-refractivity contribution >= 4 is 16.5 Å². The largest absolute Gasteiger partial charge is 0.373 e. The summed E-state index contributed by atoms with van der Waals surface area (Å²) >= 11 is 1.58. The maximum Gasteiger partial charge on any atom is 0.208 e. The fourth-order valence-electron chi connectivity index (χ4n) is 2.84. The SMILES string of the molecule is Fc1ccc(Cc2nnc(N3CCOC(Cn4cccn4)C3)s2)cc1. The highest BCUT2D eigenvalue weighted by Crippen LogP contribution is 2.24. The van der Waals surface area contributed by atoms with Gasteiger partial charge in [0.2, 0.25) is 5.13 Å². The summed E-state index contributed by atoms with van der Waals surface area (Å²) in [5, 5.41) is 14.7. The lowest BCUT2D eigenvalue weighted by Crippen LogP contribution is -2.44. The highest BCUT2D eigenvalue weighted by Gasteiger charge is 2.23. The van der Waals surface area contributed by atoms with Crippen LogP contribution in [0.3, 0.4) is 0 Å². The normalized spacial score (nSPS) is 17.8. The molecule has 1 aromatic carbocycles. The lowest BCUT2D eigenvalue weighted by atomic mass is 10.2. The van der Waals surface area contributed by atoms with Crippen LogP contribution < -0.4 is 4.90 Å². The van der Waals surface area contributed by atoms with Crippen LogP contribution in [0.15, 0.2) is 42.7 Å². The number of aromatic nitrogens is 4. The Morgan fingerprint density at radius 3 is 2.92 bits per heavy atom. The molecule has 1 unspecified atom stereocenters. The van der Waals surface area contributed by atoms with Crippen molar-refractivity contribution in [2.75, 3.05) is 24.6 Å². The van der Waals surface area contributed by atoms with Crippen LogP contribution >= 0.6 is 11.3 Å². The van der Waals surface area contributed by atoms with Crippen LogP contribution in [0.25, 0.3) is 0 Å². The van der Waals surface area contributed by atoms with E-state index in [-0.39, 0.29) is 11.9 Å². The molecule has 0 radical (unpaired) electrons. The van der Waals surface area contributed by atoms with Crippen LogP contribution in [-0.4, -0.2) is 45.8 Å². The van der Waals surface area contributed by atoms with Gasteiger partial charge in [-0.3, -0.25) is 4.68 Å². The summed E-state index contributed by atoms with van der Waals surface area (Å²) in [6.45, 7) is 2.97. The zero-order chi connectivity index (χ0) is 17.1. The van der Waals surface area contributed by atoms with E-state index in [1.807, 2.05) is 16.9 Å². The quantitative estimate of drug-likeness (QED) is 0.700. The molecule has 3 heterocycles. The summed E-state index contributed by atoms with van der Waals surface area (Å²) in [7, 11) is 0. The Morgan fingerprint density at radius 1 is 1.24 bits per heavy atom. The van der Waals surface area contributed by atoms with E-state index >= 15 is 0 Å². The second-order valence-corrected chi connectivity index (χ2v) is 6.99. The second-order valence-electron chi connectivity index (χ2n) is 5.95. The monoisotopic (exact) mass is 359 g/mol. The van der Waals surface area contributed by atoms with Crippen LogP contribution in [0.1, 0.15) is 10.6 Å². The number of halogens is 1. The Hall–Kier alpha value is -2.32. The van der Waals surface area contributed by atoms with Crippen molar-refractivity contribution in [1.29, 1.82) is 0 Å². The third-order valence-electron chi connectivity index (χ3n) is 4.08. The Kier molecular flexibility index (Phi) is 4.71. The van der Waals surface area contributed by atoms with Crippen molar-refractivity contribution in [3.05, 3.63) is 59.1 Å². The van der Waals surface area contributed by atoms with Crippen LogP contribution in [0.4, 0.5) is 9.52 Å². The molecule has 4 rings (SSSR count). The molecule has 0 N–H and O–H groups in total. The first-order chi connectivity index (χ1) is 12.3. The Balaban J connectivity index is 1.39. The predicted octanol–water partition coefficient (Wildman–Crippen LogP) is 2.37. The van der Waals surface area contributed by atoms with Crippen molar-refractivity contribution < 1.29 is 9.13 Å². The number of morpholine rings is 1. The third-order valence-corrected chi connectivity index (χ3v) is 5.07. The molecule has 1 aliphatic heterocycles. The molecule has 130 valence electrons. The molecule has 8 heteroatoms. The number of hydrogen-bond acceptors (Lipinski definition) is 6. The van der Waals surface area contributed by atoms with Gasteiger partial charge in [-0.2, -0.15) is 5.10 Å². The highest BCUT2D eigenvalue weighted by molar-refractivity contribution is 7.15. The number of nitrogens with zero attached hydrogens (tertiary/aromatic N) is 5. The fourth-order valence-corrected chi connectivity index (χ4v) is 3.75. The molecule has 2 aromatic heterocycles.